The first kappa shape index (κ1) is 9.28. The predicted molar refractivity (Wildman–Crippen MR) is 57.3 cm³/mol. The second kappa shape index (κ2) is 4.29. The second-order valence-electron chi connectivity index (χ2n) is 3.70. The van der Waals surface area contributed by atoms with E-state index >= 15 is 0 Å². The van der Waals surface area contributed by atoms with Gasteiger partial charge >= 0.3 is 0 Å². The zero-order valence-corrected chi connectivity index (χ0v) is 8.20. The molecule has 0 aromatic heterocycles. The van der Waals surface area contributed by atoms with Gasteiger partial charge in [0.05, 0.1) is 12.3 Å². The van der Waals surface area contributed by atoms with Crippen molar-refractivity contribution < 1.29 is 4.84 Å². The van der Waals surface area contributed by atoms with Crippen LogP contribution in [0.15, 0.2) is 36.9 Å². The maximum absolute atomic E-state index is 5.32. The lowest BCUT2D eigenvalue weighted by atomic mass is 10.2. The molecule has 1 fully saturated rings. The highest BCUT2D eigenvalue weighted by Crippen LogP contribution is 2.28. The van der Waals surface area contributed by atoms with Gasteiger partial charge in [0, 0.05) is 0 Å². The highest BCUT2D eigenvalue weighted by atomic mass is 16.6. The standard InChI is InChI=1S/C12H15NO/c1-10(12-5-3-2-4-6-12)13-14-9-11-7-8-11/h2-6,11,13H,1,7-9H2. The summed E-state index contributed by atoms with van der Waals surface area (Å²) in [6.07, 6.45) is 2.61. The van der Waals surface area contributed by atoms with Crippen LogP contribution in [0.1, 0.15) is 18.4 Å². The van der Waals surface area contributed by atoms with Crippen molar-refractivity contribution in [2.24, 2.45) is 5.92 Å². The fourth-order valence-corrected chi connectivity index (χ4v) is 1.23. The van der Waals surface area contributed by atoms with Gasteiger partial charge in [-0.2, -0.15) is 0 Å². The number of hydrogen-bond acceptors (Lipinski definition) is 2. The monoisotopic (exact) mass is 189 g/mol. The third-order valence-electron chi connectivity index (χ3n) is 2.33. The maximum atomic E-state index is 5.32. The summed E-state index contributed by atoms with van der Waals surface area (Å²) in [6, 6.07) is 9.99. The Morgan fingerprint density at radius 2 is 2.07 bits per heavy atom. The predicted octanol–water partition coefficient (Wildman–Crippen LogP) is 2.59. The normalized spacial score (nSPS) is 15.1. The molecule has 0 aliphatic heterocycles. The van der Waals surface area contributed by atoms with Crippen molar-refractivity contribution in [2.75, 3.05) is 6.61 Å². The fourth-order valence-electron chi connectivity index (χ4n) is 1.23. The number of hydrogen-bond donors (Lipinski definition) is 1. The van der Waals surface area contributed by atoms with Crippen molar-refractivity contribution in [1.82, 2.24) is 5.48 Å². The highest BCUT2D eigenvalue weighted by molar-refractivity contribution is 5.60. The molecule has 1 aromatic rings. The quantitative estimate of drug-likeness (QED) is 0.719. The molecule has 1 saturated carbocycles. The molecule has 2 nitrogen and oxygen atoms in total. The molecule has 1 aromatic carbocycles. The average molecular weight is 189 g/mol. The molecule has 0 unspecified atom stereocenters. The molecule has 14 heavy (non-hydrogen) atoms. The molecule has 0 heterocycles. The molecule has 0 bridgehead atoms. The van der Waals surface area contributed by atoms with E-state index < -0.39 is 0 Å². The molecular weight excluding hydrogens is 174 g/mol. The minimum Gasteiger partial charge on any atom is -0.276 e. The first-order valence-corrected chi connectivity index (χ1v) is 4.98. The molecule has 0 amide bonds. The summed E-state index contributed by atoms with van der Waals surface area (Å²) < 4.78 is 0. The molecule has 74 valence electrons. The molecule has 1 aliphatic rings. The van der Waals surface area contributed by atoms with Crippen molar-refractivity contribution in [1.29, 1.82) is 0 Å². The first-order valence-electron chi connectivity index (χ1n) is 4.98. The molecule has 0 saturated heterocycles. The average Bonchev–Trinajstić information content (AvgIpc) is 3.03. The molecule has 2 heteroatoms. The summed E-state index contributed by atoms with van der Waals surface area (Å²) in [5.41, 5.74) is 4.77. The zero-order chi connectivity index (χ0) is 9.80. The van der Waals surface area contributed by atoms with Crippen molar-refractivity contribution >= 4 is 5.70 Å². The van der Waals surface area contributed by atoms with E-state index in [-0.39, 0.29) is 0 Å². The van der Waals surface area contributed by atoms with Gasteiger partial charge in [-0.15, -0.1) is 0 Å². The van der Waals surface area contributed by atoms with Crippen LogP contribution in [0.4, 0.5) is 0 Å². The lowest BCUT2D eigenvalue weighted by molar-refractivity contribution is 0.0701. The Labute approximate surface area is 84.5 Å². The summed E-state index contributed by atoms with van der Waals surface area (Å²) in [5, 5.41) is 0. The van der Waals surface area contributed by atoms with Crippen LogP contribution < -0.4 is 5.48 Å². The Morgan fingerprint density at radius 3 is 2.71 bits per heavy atom. The molecule has 0 atom stereocenters. The van der Waals surface area contributed by atoms with Crippen molar-refractivity contribution in [3.63, 3.8) is 0 Å². The molecule has 0 radical (unpaired) electrons. The third-order valence-corrected chi connectivity index (χ3v) is 2.33. The van der Waals surface area contributed by atoms with Gasteiger partial charge in [-0.3, -0.25) is 10.3 Å². The van der Waals surface area contributed by atoms with Crippen LogP contribution in [-0.2, 0) is 4.84 Å². The molecule has 1 N–H and O–H groups in total. The van der Waals surface area contributed by atoms with Gasteiger partial charge in [-0.05, 0) is 24.3 Å². The summed E-state index contributed by atoms with van der Waals surface area (Å²) in [7, 11) is 0. The van der Waals surface area contributed by atoms with E-state index in [0.29, 0.717) is 0 Å². The largest absolute Gasteiger partial charge is 0.276 e. The summed E-state index contributed by atoms with van der Waals surface area (Å²) in [6.45, 7) is 4.70. The Balaban J connectivity index is 1.77. The SMILES string of the molecule is C=C(NOCC1CC1)c1ccccc1. The number of hydroxylamine groups is 1. The summed E-state index contributed by atoms with van der Waals surface area (Å²) in [4.78, 5) is 5.32. The van der Waals surface area contributed by atoms with Gasteiger partial charge in [-0.25, -0.2) is 0 Å². The summed E-state index contributed by atoms with van der Waals surface area (Å²) >= 11 is 0. The number of nitrogens with one attached hydrogen (secondary N) is 1. The zero-order valence-electron chi connectivity index (χ0n) is 8.20. The van der Waals surface area contributed by atoms with Gasteiger partial charge < -0.3 is 0 Å². The van der Waals surface area contributed by atoms with Gasteiger partial charge in [-0.1, -0.05) is 36.9 Å². The Kier molecular flexibility index (Phi) is 2.84. The first-order chi connectivity index (χ1) is 6.86. The van der Waals surface area contributed by atoms with Gasteiger partial charge in [0.25, 0.3) is 0 Å². The Hall–Kier alpha value is -1.28. The van der Waals surface area contributed by atoms with Gasteiger partial charge in [0.1, 0.15) is 0 Å². The van der Waals surface area contributed by atoms with Crippen LogP contribution >= 0.6 is 0 Å². The second-order valence-corrected chi connectivity index (χ2v) is 3.70. The fraction of sp³-hybridized carbons (Fsp3) is 0.333. The van der Waals surface area contributed by atoms with Crippen LogP contribution in [0.5, 0.6) is 0 Å². The minimum absolute atomic E-state index is 0.770. The topological polar surface area (TPSA) is 21.3 Å². The van der Waals surface area contributed by atoms with Gasteiger partial charge in [0.15, 0.2) is 0 Å². The summed E-state index contributed by atoms with van der Waals surface area (Å²) in [5.74, 6) is 0.770. The Bertz CT molecular complexity index is 303. The van der Waals surface area contributed by atoms with Crippen molar-refractivity contribution in [3.05, 3.63) is 42.5 Å². The van der Waals surface area contributed by atoms with E-state index in [0.717, 1.165) is 23.8 Å². The van der Waals surface area contributed by atoms with E-state index in [1.807, 2.05) is 30.3 Å². The molecule has 2 rings (SSSR count). The molecule has 0 spiro atoms. The molecule has 1 aliphatic carbocycles. The van der Waals surface area contributed by atoms with Crippen LogP contribution in [-0.4, -0.2) is 6.61 Å². The smallest absolute Gasteiger partial charge is 0.0774 e. The van der Waals surface area contributed by atoms with E-state index in [1.54, 1.807) is 0 Å². The van der Waals surface area contributed by atoms with Crippen LogP contribution in [0.2, 0.25) is 0 Å². The van der Waals surface area contributed by atoms with Gasteiger partial charge in [0.2, 0.25) is 0 Å². The third kappa shape index (κ3) is 2.60. The van der Waals surface area contributed by atoms with E-state index in [9.17, 15) is 0 Å². The van der Waals surface area contributed by atoms with Crippen LogP contribution in [0, 0.1) is 5.92 Å². The van der Waals surface area contributed by atoms with Crippen LogP contribution in [0.3, 0.4) is 0 Å². The van der Waals surface area contributed by atoms with Crippen molar-refractivity contribution in [3.8, 4) is 0 Å². The minimum atomic E-state index is 0.770. The lowest BCUT2D eigenvalue weighted by Crippen LogP contribution is -2.13. The number of rotatable bonds is 5. The highest BCUT2D eigenvalue weighted by Gasteiger charge is 2.21. The van der Waals surface area contributed by atoms with E-state index in [4.69, 9.17) is 4.84 Å². The van der Waals surface area contributed by atoms with Crippen molar-refractivity contribution in [2.45, 2.75) is 12.8 Å². The molecular formula is C12H15NO. The number of benzene rings is 1. The lowest BCUT2D eigenvalue weighted by Gasteiger charge is -2.08. The van der Waals surface area contributed by atoms with E-state index in [1.165, 1.54) is 12.8 Å². The Morgan fingerprint density at radius 1 is 1.36 bits per heavy atom. The van der Waals surface area contributed by atoms with Crippen LogP contribution in [0.25, 0.3) is 5.70 Å². The van der Waals surface area contributed by atoms with E-state index in [2.05, 4.69) is 12.1 Å². The maximum Gasteiger partial charge on any atom is 0.0774 e.